The van der Waals surface area contributed by atoms with Crippen LogP contribution in [0.3, 0.4) is 0 Å². The van der Waals surface area contributed by atoms with Crippen LogP contribution in [0.15, 0.2) is 47.6 Å². The van der Waals surface area contributed by atoms with Gasteiger partial charge in [-0.3, -0.25) is 4.79 Å². The molecule has 0 atom stereocenters. The Labute approximate surface area is 160 Å². The number of aromatic nitrogens is 4. The highest BCUT2D eigenvalue weighted by Gasteiger charge is 2.14. The van der Waals surface area contributed by atoms with Crippen molar-refractivity contribution in [1.82, 2.24) is 25.2 Å². The standard InChI is InChI=1S/C20H18N6O2/c1-11-8-18-22-23-19(13(3)26(18)25-11)12(2)21-24-20(28)16-9-14-6-4-5-7-15(14)10-17(16)27/h4-10,27H,1-3H3,(H,24,28). The predicted octanol–water partition coefficient (Wildman–Crippen LogP) is 2.75. The molecule has 28 heavy (non-hydrogen) atoms. The van der Waals surface area contributed by atoms with Crippen LogP contribution in [0.5, 0.6) is 5.75 Å². The van der Waals surface area contributed by atoms with Crippen LogP contribution in [-0.4, -0.2) is 36.5 Å². The highest BCUT2D eigenvalue weighted by atomic mass is 16.3. The molecule has 4 rings (SSSR count). The molecule has 0 saturated carbocycles. The molecule has 0 radical (unpaired) electrons. The van der Waals surface area contributed by atoms with Gasteiger partial charge >= 0.3 is 0 Å². The number of phenolic OH excluding ortho intramolecular Hbond substituents is 1. The maximum absolute atomic E-state index is 12.5. The zero-order chi connectivity index (χ0) is 19.8. The molecule has 8 nitrogen and oxygen atoms in total. The van der Waals surface area contributed by atoms with Gasteiger partial charge in [-0.05, 0) is 43.7 Å². The molecule has 2 heterocycles. The molecule has 2 aromatic carbocycles. The highest BCUT2D eigenvalue weighted by molar-refractivity contribution is 6.03. The summed E-state index contributed by atoms with van der Waals surface area (Å²) in [7, 11) is 0. The van der Waals surface area contributed by atoms with Crippen molar-refractivity contribution in [3.63, 3.8) is 0 Å². The van der Waals surface area contributed by atoms with Crippen molar-refractivity contribution < 1.29 is 9.90 Å². The molecule has 140 valence electrons. The Morgan fingerprint density at radius 2 is 1.82 bits per heavy atom. The van der Waals surface area contributed by atoms with Crippen molar-refractivity contribution >= 4 is 28.0 Å². The van der Waals surface area contributed by atoms with Gasteiger partial charge in [-0.15, -0.1) is 10.2 Å². The van der Waals surface area contributed by atoms with Gasteiger partial charge < -0.3 is 5.11 Å². The molecule has 1 amide bonds. The topological polar surface area (TPSA) is 105 Å². The Balaban J connectivity index is 1.62. The van der Waals surface area contributed by atoms with Crippen molar-refractivity contribution in [2.75, 3.05) is 0 Å². The molecule has 2 N–H and O–H groups in total. The van der Waals surface area contributed by atoms with Gasteiger partial charge in [0.25, 0.3) is 5.91 Å². The van der Waals surface area contributed by atoms with E-state index in [2.05, 4.69) is 25.8 Å². The quantitative estimate of drug-likeness (QED) is 0.424. The van der Waals surface area contributed by atoms with Gasteiger partial charge in [-0.2, -0.15) is 10.2 Å². The monoisotopic (exact) mass is 374 g/mol. The average Bonchev–Trinajstić information content (AvgIpc) is 3.07. The van der Waals surface area contributed by atoms with Crippen molar-refractivity contribution in [2.24, 2.45) is 5.10 Å². The lowest BCUT2D eigenvalue weighted by Crippen LogP contribution is -2.20. The van der Waals surface area contributed by atoms with E-state index in [9.17, 15) is 9.90 Å². The molecule has 0 aliphatic rings. The van der Waals surface area contributed by atoms with Crippen molar-refractivity contribution in [3.8, 4) is 5.75 Å². The smallest absolute Gasteiger partial charge is 0.275 e. The molecule has 0 bridgehead atoms. The van der Waals surface area contributed by atoms with Crippen LogP contribution in [0.1, 0.15) is 34.4 Å². The summed E-state index contributed by atoms with van der Waals surface area (Å²) in [5.74, 6) is -0.613. The first kappa shape index (κ1) is 17.6. The third-order valence-corrected chi connectivity index (χ3v) is 4.50. The SMILES string of the molecule is CC(=NNC(=O)c1cc2ccccc2cc1O)c1nnc2cc(C)nn2c1C. The summed E-state index contributed by atoms with van der Waals surface area (Å²) < 4.78 is 1.69. The Morgan fingerprint density at radius 1 is 1.11 bits per heavy atom. The van der Waals surface area contributed by atoms with E-state index in [-0.39, 0.29) is 11.3 Å². The van der Waals surface area contributed by atoms with Crippen LogP contribution in [0.4, 0.5) is 0 Å². The number of hydrazone groups is 1. The van der Waals surface area contributed by atoms with E-state index in [0.29, 0.717) is 17.1 Å². The molecule has 2 aromatic heterocycles. The van der Waals surface area contributed by atoms with Crippen LogP contribution in [0.2, 0.25) is 0 Å². The highest BCUT2D eigenvalue weighted by Crippen LogP contribution is 2.24. The van der Waals surface area contributed by atoms with E-state index in [0.717, 1.165) is 22.2 Å². The second-order valence-electron chi connectivity index (χ2n) is 6.54. The van der Waals surface area contributed by atoms with E-state index >= 15 is 0 Å². The van der Waals surface area contributed by atoms with Gasteiger partial charge in [-0.1, -0.05) is 24.3 Å². The van der Waals surface area contributed by atoms with Gasteiger partial charge in [0.15, 0.2) is 5.65 Å². The average molecular weight is 374 g/mol. The van der Waals surface area contributed by atoms with Crippen LogP contribution in [0.25, 0.3) is 16.4 Å². The molecule has 0 aliphatic carbocycles. The van der Waals surface area contributed by atoms with Gasteiger partial charge in [0.1, 0.15) is 11.4 Å². The maximum atomic E-state index is 12.5. The number of aromatic hydroxyl groups is 1. The summed E-state index contributed by atoms with van der Waals surface area (Å²) in [6, 6.07) is 12.5. The van der Waals surface area contributed by atoms with E-state index in [1.54, 1.807) is 23.6 Å². The van der Waals surface area contributed by atoms with Gasteiger partial charge in [0.2, 0.25) is 0 Å². The van der Waals surface area contributed by atoms with Crippen LogP contribution < -0.4 is 5.43 Å². The van der Waals surface area contributed by atoms with Crippen molar-refractivity contribution in [1.29, 1.82) is 0 Å². The number of rotatable bonds is 3. The number of nitrogens with one attached hydrogen (secondary N) is 1. The number of phenols is 1. The van der Waals surface area contributed by atoms with E-state index < -0.39 is 5.91 Å². The lowest BCUT2D eigenvalue weighted by molar-refractivity contribution is 0.0952. The largest absolute Gasteiger partial charge is 0.507 e. The van der Waals surface area contributed by atoms with Gasteiger partial charge in [0, 0.05) is 6.07 Å². The minimum Gasteiger partial charge on any atom is -0.507 e. The zero-order valence-electron chi connectivity index (χ0n) is 15.6. The first-order valence-corrected chi connectivity index (χ1v) is 8.70. The minimum absolute atomic E-state index is 0.103. The fourth-order valence-electron chi connectivity index (χ4n) is 3.07. The first-order chi connectivity index (χ1) is 13.4. The Hall–Kier alpha value is -3.81. The number of aryl methyl sites for hydroxylation is 2. The van der Waals surface area contributed by atoms with E-state index in [4.69, 9.17) is 0 Å². The van der Waals surface area contributed by atoms with E-state index in [1.807, 2.05) is 44.2 Å². The van der Waals surface area contributed by atoms with Gasteiger partial charge in [0.05, 0.1) is 22.7 Å². The fraction of sp³-hybridized carbons (Fsp3) is 0.150. The molecule has 8 heteroatoms. The zero-order valence-corrected chi connectivity index (χ0v) is 15.6. The van der Waals surface area contributed by atoms with Crippen molar-refractivity contribution in [3.05, 3.63) is 65.1 Å². The summed E-state index contributed by atoms with van der Waals surface area (Å²) in [6.45, 7) is 5.46. The minimum atomic E-state index is -0.510. The van der Waals surface area contributed by atoms with Crippen molar-refractivity contribution in [2.45, 2.75) is 20.8 Å². The fourth-order valence-corrected chi connectivity index (χ4v) is 3.07. The number of fused-ring (bicyclic) bond motifs is 2. The van der Waals surface area contributed by atoms with Crippen LogP contribution in [0, 0.1) is 13.8 Å². The number of hydrogen-bond donors (Lipinski definition) is 2. The first-order valence-electron chi connectivity index (χ1n) is 8.70. The molecule has 0 fully saturated rings. The lowest BCUT2D eigenvalue weighted by atomic mass is 10.1. The number of nitrogens with zero attached hydrogens (tertiary/aromatic N) is 5. The number of carbonyl (C=O) groups is 1. The third kappa shape index (κ3) is 3.05. The molecule has 4 aromatic rings. The molecule has 0 saturated heterocycles. The maximum Gasteiger partial charge on any atom is 0.275 e. The Morgan fingerprint density at radius 3 is 2.57 bits per heavy atom. The van der Waals surface area contributed by atoms with E-state index in [1.165, 1.54) is 0 Å². The van der Waals surface area contributed by atoms with Gasteiger partial charge in [-0.25, -0.2) is 9.94 Å². The van der Waals surface area contributed by atoms with Crippen LogP contribution >= 0.6 is 0 Å². The summed E-state index contributed by atoms with van der Waals surface area (Å²) in [5.41, 5.74) is 5.88. The number of carbonyl (C=O) groups excluding carboxylic acids is 1. The number of benzene rings is 2. The summed E-state index contributed by atoms with van der Waals surface area (Å²) in [6.07, 6.45) is 0. The molecule has 0 spiro atoms. The number of amides is 1. The number of hydrogen-bond acceptors (Lipinski definition) is 6. The Bertz CT molecular complexity index is 1260. The normalized spacial score (nSPS) is 11.9. The molecule has 0 unspecified atom stereocenters. The summed E-state index contributed by atoms with van der Waals surface area (Å²) in [4.78, 5) is 12.5. The third-order valence-electron chi connectivity index (χ3n) is 4.50. The van der Waals surface area contributed by atoms with Crippen LogP contribution in [-0.2, 0) is 0 Å². The summed E-state index contributed by atoms with van der Waals surface area (Å²) >= 11 is 0. The Kier molecular flexibility index (Phi) is 4.23. The molecular formula is C20H18N6O2. The molecular weight excluding hydrogens is 356 g/mol. The molecule has 0 aliphatic heterocycles. The summed E-state index contributed by atoms with van der Waals surface area (Å²) in [5, 5.41) is 28.7. The predicted molar refractivity (Wildman–Crippen MR) is 106 cm³/mol. The second-order valence-corrected chi connectivity index (χ2v) is 6.54. The second kappa shape index (κ2) is 6.73. The lowest BCUT2D eigenvalue weighted by Gasteiger charge is -2.08.